The van der Waals surface area contributed by atoms with Crippen LogP contribution < -0.4 is 15.2 Å². The van der Waals surface area contributed by atoms with E-state index in [1.54, 1.807) is 0 Å². The summed E-state index contributed by atoms with van der Waals surface area (Å²) >= 11 is 0. The number of fused-ring (bicyclic) bond motifs is 1. The molecule has 1 atom stereocenters. The molecule has 0 saturated heterocycles. The number of hydrogen-bond acceptors (Lipinski definition) is 3. The van der Waals surface area contributed by atoms with Crippen LogP contribution >= 0.6 is 0 Å². The van der Waals surface area contributed by atoms with Gasteiger partial charge in [-0.2, -0.15) is 0 Å². The molecule has 3 nitrogen and oxygen atoms in total. The second-order valence-corrected chi connectivity index (χ2v) is 4.15. The summed E-state index contributed by atoms with van der Waals surface area (Å²) in [7, 11) is 0. The summed E-state index contributed by atoms with van der Waals surface area (Å²) in [5, 5.41) is 0. The first-order chi connectivity index (χ1) is 7.81. The van der Waals surface area contributed by atoms with E-state index in [9.17, 15) is 0 Å². The van der Waals surface area contributed by atoms with E-state index in [-0.39, 0.29) is 6.04 Å². The van der Waals surface area contributed by atoms with Crippen LogP contribution in [0.3, 0.4) is 0 Å². The fourth-order valence-electron chi connectivity index (χ4n) is 1.89. The van der Waals surface area contributed by atoms with Gasteiger partial charge in [0, 0.05) is 12.5 Å². The van der Waals surface area contributed by atoms with Gasteiger partial charge in [0.25, 0.3) is 0 Å². The molecule has 0 spiro atoms. The third-order valence-electron chi connectivity index (χ3n) is 2.80. The van der Waals surface area contributed by atoms with Gasteiger partial charge in [0.1, 0.15) is 0 Å². The first-order valence-electron chi connectivity index (χ1n) is 5.96. The number of nitrogens with two attached hydrogens (primary N) is 1. The minimum Gasteiger partial charge on any atom is -0.490 e. The van der Waals surface area contributed by atoms with Crippen molar-refractivity contribution in [3.8, 4) is 11.5 Å². The van der Waals surface area contributed by atoms with Crippen LogP contribution in [0.15, 0.2) is 18.2 Å². The molecule has 0 bridgehead atoms. The Kier molecular flexibility index (Phi) is 3.67. The Morgan fingerprint density at radius 3 is 2.75 bits per heavy atom. The number of rotatable bonds is 3. The highest BCUT2D eigenvalue weighted by Gasteiger charge is 2.13. The van der Waals surface area contributed by atoms with Gasteiger partial charge in [-0.05, 0) is 24.1 Å². The van der Waals surface area contributed by atoms with Crippen LogP contribution in [-0.4, -0.2) is 13.2 Å². The van der Waals surface area contributed by atoms with Crippen molar-refractivity contribution in [2.75, 3.05) is 13.2 Å². The number of ether oxygens (including phenoxy) is 2. The van der Waals surface area contributed by atoms with Crippen molar-refractivity contribution >= 4 is 0 Å². The topological polar surface area (TPSA) is 44.5 Å². The highest BCUT2D eigenvalue weighted by molar-refractivity contribution is 5.44. The van der Waals surface area contributed by atoms with Crippen molar-refractivity contribution in [3.63, 3.8) is 0 Å². The maximum Gasteiger partial charge on any atom is 0.161 e. The van der Waals surface area contributed by atoms with E-state index in [1.807, 2.05) is 18.2 Å². The Bertz CT molecular complexity index is 352. The van der Waals surface area contributed by atoms with Crippen LogP contribution in [0.4, 0.5) is 0 Å². The van der Waals surface area contributed by atoms with Gasteiger partial charge in [-0.15, -0.1) is 0 Å². The Morgan fingerprint density at radius 2 is 2.00 bits per heavy atom. The number of hydrogen-bond donors (Lipinski definition) is 1. The van der Waals surface area contributed by atoms with Crippen LogP contribution in [-0.2, 0) is 0 Å². The highest BCUT2D eigenvalue weighted by Crippen LogP contribution is 2.32. The first-order valence-corrected chi connectivity index (χ1v) is 5.96. The van der Waals surface area contributed by atoms with Gasteiger partial charge in [-0.25, -0.2) is 0 Å². The van der Waals surface area contributed by atoms with Crippen LogP contribution in [0.25, 0.3) is 0 Å². The van der Waals surface area contributed by atoms with Gasteiger partial charge in [0.05, 0.1) is 13.2 Å². The molecule has 1 aromatic rings. The average Bonchev–Trinajstić information content (AvgIpc) is 2.53. The maximum atomic E-state index is 6.08. The molecule has 2 rings (SSSR count). The lowest BCUT2D eigenvalue weighted by Gasteiger charge is -2.14. The van der Waals surface area contributed by atoms with Gasteiger partial charge in [0.2, 0.25) is 0 Å². The fraction of sp³-hybridized carbons (Fsp3) is 0.538. The molecule has 0 aliphatic carbocycles. The lowest BCUT2D eigenvalue weighted by molar-refractivity contribution is 0.297. The molecule has 16 heavy (non-hydrogen) atoms. The highest BCUT2D eigenvalue weighted by atomic mass is 16.5. The van der Waals surface area contributed by atoms with E-state index in [0.29, 0.717) is 0 Å². The normalized spacial score (nSPS) is 16.6. The minimum atomic E-state index is 0.0992. The van der Waals surface area contributed by atoms with Crippen LogP contribution in [0.5, 0.6) is 11.5 Å². The summed E-state index contributed by atoms with van der Waals surface area (Å²) in [6.45, 7) is 3.59. The monoisotopic (exact) mass is 221 g/mol. The van der Waals surface area contributed by atoms with Crippen molar-refractivity contribution in [2.24, 2.45) is 5.73 Å². The van der Waals surface area contributed by atoms with E-state index < -0.39 is 0 Å². The molecule has 1 heterocycles. The molecule has 0 fully saturated rings. The molecule has 1 aliphatic rings. The van der Waals surface area contributed by atoms with Gasteiger partial charge >= 0.3 is 0 Å². The molecule has 88 valence electrons. The Balaban J connectivity index is 2.20. The lowest BCUT2D eigenvalue weighted by Crippen LogP contribution is -2.09. The standard InChI is InChI=1S/C13H19NO2/c1-2-4-11(14)10-5-6-12-13(9-10)16-8-3-7-15-12/h5-6,9,11H,2-4,7-8,14H2,1H3. The SMILES string of the molecule is CCCC(N)c1ccc2c(c1)OCCCO2. The molecule has 3 heteroatoms. The Labute approximate surface area is 96.5 Å². The minimum absolute atomic E-state index is 0.0992. The second kappa shape index (κ2) is 5.21. The van der Waals surface area contributed by atoms with Gasteiger partial charge in [-0.3, -0.25) is 0 Å². The van der Waals surface area contributed by atoms with Gasteiger partial charge in [0.15, 0.2) is 11.5 Å². The summed E-state index contributed by atoms with van der Waals surface area (Å²) in [6, 6.07) is 6.11. The van der Waals surface area contributed by atoms with E-state index in [0.717, 1.165) is 49.5 Å². The molecular weight excluding hydrogens is 202 g/mol. The molecular formula is C13H19NO2. The summed E-state index contributed by atoms with van der Waals surface area (Å²) < 4.78 is 11.2. The maximum absolute atomic E-state index is 6.08. The van der Waals surface area contributed by atoms with E-state index in [2.05, 4.69) is 6.92 Å². The van der Waals surface area contributed by atoms with Crippen molar-refractivity contribution in [1.29, 1.82) is 0 Å². The third-order valence-corrected chi connectivity index (χ3v) is 2.80. The average molecular weight is 221 g/mol. The zero-order chi connectivity index (χ0) is 11.4. The number of benzene rings is 1. The fourth-order valence-corrected chi connectivity index (χ4v) is 1.89. The molecule has 1 unspecified atom stereocenters. The Morgan fingerprint density at radius 1 is 1.25 bits per heavy atom. The largest absolute Gasteiger partial charge is 0.490 e. The van der Waals surface area contributed by atoms with Crippen LogP contribution in [0.2, 0.25) is 0 Å². The smallest absolute Gasteiger partial charge is 0.161 e. The Hall–Kier alpha value is -1.22. The van der Waals surface area contributed by atoms with Gasteiger partial charge < -0.3 is 15.2 Å². The summed E-state index contributed by atoms with van der Waals surface area (Å²) in [6.07, 6.45) is 3.03. The van der Waals surface area contributed by atoms with E-state index in [4.69, 9.17) is 15.2 Å². The van der Waals surface area contributed by atoms with Crippen molar-refractivity contribution in [2.45, 2.75) is 32.2 Å². The summed E-state index contributed by atoms with van der Waals surface area (Å²) in [4.78, 5) is 0. The molecule has 0 aromatic heterocycles. The lowest BCUT2D eigenvalue weighted by atomic mass is 10.0. The summed E-state index contributed by atoms with van der Waals surface area (Å²) in [5.41, 5.74) is 7.21. The molecule has 0 amide bonds. The molecule has 0 radical (unpaired) electrons. The predicted molar refractivity (Wildman–Crippen MR) is 63.9 cm³/mol. The van der Waals surface area contributed by atoms with Crippen LogP contribution in [0.1, 0.15) is 37.8 Å². The van der Waals surface area contributed by atoms with E-state index >= 15 is 0 Å². The van der Waals surface area contributed by atoms with Gasteiger partial charge in [-0.1, -0.05) is 19.4 Å². The molecule has 2 N–H and O–H groups in total. The van der Waals surface area contributed by atoms with E-state index in [1.165, 1.54) is 0 Å². The molecule has 1 aromatic carbocycles. The first kappa shape index (κ1) is 11.3. The predicted octanol–water partition coefficient (Wildman–Crippen LogP) is 2.65. The van der Waals surface area contributed by atoms with Crippen molar-refractivity contribution < 1.29 is 9.47 Å². The zero-order valence-corrected chi connectivity index (χ0v) is 9.74. The third kappa shape index (κ3) is 2.47. The zero-order valence-electron chi connectivity index (χ0n) is 9.74. The molecule has 0 saturated carbocycles. The van der Waals surface area contributed by atoms with Crippen molar-refractivity contribution in [1.82, 2.24) is 0 Å². The quantitative estimate of drug-likeness (QED) is 0.853. The summed E-state index contributed by atoms with van der Waals surface area (Å²) in [5.74, 6) is 1.67. The molecule has 1 aliphatic heterocycles. The second-order valence-electron chi connectivity index (χ2n) is 4.15. The van der Waals surface area contributed by atoms with Crippen LogP contribution in [0, 0.1) is 0 Å². The van der Waals surface area contributed by atoms with Crippen molar-refractivity contribution in [3.05, 3.63) is 23.8 Å².